The van der Waals surface area contributed by atoms with Crippen LogP contribution in [0.15, 0.2) is 0 Å². The van der Waals surface area contributed by atoms with E-state index < -0.39 is 0 Å². The average molecular weight is 204 g/mol. The second-order valence-corrected chi connectivity index (χ2v) is 8.41. The molecule has 0 aliphatic carbocycles. The maximum absolute atomic E-state index is 4.63. The molecule has 0 radical (unpaired) electrons. The third-order valence-corrected chi connectivity index (χ3v) is 0. The predicted octanol–water partition coefficient (Wildman–Crippen LogP) is -0.0353. The number of rotatable bonds is 0. The molecule has 0 saturated heterocycles. The summed E-state index contributed by atoms with van der Waals surface area (Å²) in [4.78, 5) is 0. The first-order valence-electron chi connectivity index (χ1n) is 0.729. The molecule has 0 aromatic carbocycles. The second kappa shape index (κ2) is 2.59. The normalized spacial score (nSPS) is 15.2. The fourth-order valence-electron chi connectivity index (χ4n) is 0. The third-order valence-electron chi connectivity index (χ3n) is 0. The number of halogens is 1. The molecule has 0 fully saturated rings. The fourth-order valence-corrected chi connectivity index (χ4v) is 0. The van der Waals surface area contributed by atoms with Gasteiger partial charge in [-0.1, -0.05) is 11.2 Å². The van der Waals surface area contributed by atoms with Crippen LogP contribution in [0.4, 0.5) is 0 Å². The fraction of sp³-hybridized carbons (Fsp3) is 0. The SMILES string of the molecule is BS(=S)I. The van der Waals surface area contributed by atoms with Crippen LogP contribution >= 0.6 is 21.2 Å². The van der Waals surface area contributed by atoms with Crippen molar-refractivity contribution in [2.24, 2.45) is 0 Å². The lowest BCUT2D eigenvalue weighted by Crippen LogP contribution is -1.57. The lowest BCUT2D eigenvalue weighted by atomic mass is 10.8. The minimum absolute atomic E-state index is 0.192. The zero-order valence-electron chi connectivity index (χ0n) is 2.19. The molecule has 1 unspecified atom stereocenters. The van der Waals surface area contributed by atoms with Crippen molar-refractivity contribution in [3.05, 3.63) is 0 Å². The lowest BCUT2D eigenvalue weighted by molar-refractivity contribution is 5.20. The van der Waals surface area contributed by atoms with Crippen molar-refractivity contribution in [3.63, 3.8) is 0 Å². The van der Waals surface area contributed by atoms with E-state index in [0.29, 0.717) is 0 Å². The van der Waals surface area contributed by atoms with Gasteiger partial charge in [-0.15, -0.1) is 6.48 Å². The van der Waals surface area contributed by atoms with Crippen LogP contribution in [0.25, 0.3) is 0 Å². The van der Waals surface area contributed by atoms with Crippen LogP contribution in [0, 0.1) is 0 Å². The molecule has 0 aromatic rings. The first kappa shape index (κ1) is 5.36. The highest BCUT2D eigenvalue weighted by Gasteiger charge is 1.56. The zero-order chi connectivity index (χ0) is 3.58. The van der Waals surface area contributed by atoms with Crippen molar-refractivity contribution < 1.29 is 0 Å². The van der Waals surface area contributed by atoms with E-state index >= 15 is 0 Å². The Balaban J connectivity index is 2.80. The maximum Gasteiger partial charge on any atom is 0.194 e. The van der Waals surface area contributed by atoms with Gasteiger partial charge in [0.05, 0.1) is 0 Å². The summed E-state index contributed by atoms with van der Waals surface area (Å²) in [5.41, 5.74) is 0. The van der Waals surface area contributed by atoms with Crippen LogP contribution in [0.3, 0.4) is 0 Å². The maximum atomic E-state index is 4.63. The molecule has 0 aliphatic rings. The molecule has 0 spiro atoms. The van der Waals surface area contributed by atoms with Crippen molar-refractivity contribution in [2.45, 2.75) is 0 Å². The van der Waals surface area contributed by atoms with Crippen LogP contribution in [0.1, 0.15) is 0 Å². The standard InChI is InChI=1S/BH2IS2/c1-4(2)3/h1H2. The molecule has 0 heterocycles. The predicted molar refractivity (Wildman–Crippen MR) is 37.3 cm³/mol. The van der Waals surface area contributed by atoms with Crippen LogP contribution in [0.2, 0.25) is 0 Å². The Labute approximate surface area is 45.8 Å². The monoisotopic (exact) mass is 204 g/mol. The van der Waals surface area contributed by atoms with Crippen molar-refractivity contribution >= 4 is 46.0 Å². The van der Waals surface area contributed by atoms with Crippen molar-refractivity contribution in [1.82, 2.24) is 0 Å². The zero-order valence-corrected chi connectivity index (χ0v) is 5.98. The summed E-state index contributed by atoms with van der Waals surface area (Å²) in [5.74, 6) is 0. The van der Waals surface area contributed by atoms with Gasteiger partial charge in [0, 0.05) is 0 Å². The van der Waals surface area contributed by atoms with Gasteiger partial charge in [-0.3, -0.25) is 0 Å². The Hall–Kier alpha value is 1.36. The summed E-state index contributed by atoms with van der Waals surface area (Å²) in [6.45, 7) is 0.192. The van der Waals surface area contributed by atoms with Gasteiger partial charge < -0.3 is 0 Å². The van der Waals surface area contributed by atoms with E-state index in [4.69, 9.17) is 0 Å². The molecule has 4 heteroatoms. The molecule has 0 bridgehead atoms. The number of hydrogen-bond donors (Lipinski definition) is 0. The molecule has 4 heavy (non-hydrogen) atoms. The number of hydrogen-bond acceptors (Lipinski definition) is 1. The molecular weight excluding hydrogens is 202 g/mol. The Morgan fingerprint density at radius 2 is 2.00 bits per heavy atom. The van der Waals surface area contributed by atoms with Crippen molar-refractivity contribution in [2.75, 3.05) is 0 Å². The minimum atomic E-state index is 0.192. The lowest BCUT2D eigenvalue weighted by Gasteiger charge is -1.61. The second-order valence-electron chi connectivity index (χ2n) is 0.384. The first-order chi connectivity index (χ1) is 1.73. The molecule has 0 aromatic heterocycles. The van der Waals surface area contributed by atoms with E-state index in [0.717, 1.165) is 0 Å². The smallest absolute Gasteiger partial charge is 0.110 e. The molecule has 0 saturated carbocycles. The van der Waals surface area contributed by atoms with E-state index in [-0.39, 0.29) is 6.48 Å². The highest BCUT2D eigenvalue weighted by Crippen LogP contribution is 1.81. The van der Waals surface area contributed by atoms with Gasteiger partial charge in [-0.25, -0.2) is 0 Å². The van der Waals surface area contributed by atoms with Crippen molar-refractivity contribution in [1.29, 1.82) is 0 Å². The van der Waals surface area contributed by atoms with Gasteiger partial charge >= 0.3 is 0 Å². The van der Waals surface area contributed by atoms with Crippen LogP contribution < -0.4 is 0 Å². The van der Waals surface area contributed by atoms with E-state index in [2.05, 4.69) is 32.4 Å². The van der Waals surface area contributed by atoms with Gasteiger partial charge in [0.15, 0.2) is 7.12 Å². The van der Waals surface area contributed by atoms with Crippen LogP contribution in [0.5, 0.6) is 0 Å². The summed E-state index contributed by atoms with van der Waals surface area (Å²) in [6.07, 6.45) is 0. The molecule has 0 amide bonds. The van der Waals surface area contributed by atoms with Crippen LogP contribution in [-0.2, 0) is 17.7 Å². The molecule has 0 N–H and O–H groups in total. The highest BCUT2D eigenvalue weighted by atomic mass is 127. The minimum Gasteiger partial charge on any atom is -0.110 e. The summed E-state index contributed by atoms with van der Waals surface area (Å²) in [6, 6.07) is 0. The van der Waals surface area contributed by atoms with Gasteiger partial charge in [0.2, 0.25) is 0 Å². The summed E-state index contributed by atoms with van der Waals surface area (Å²) >= 11 is 6.82. The third kappa shape index (κ3) is 10.1. The quantitative estimate of drug-likeness (QED) is 0.303. The summed E-state index contributed by atoms with van der Waals surface area (Å²) in [5, 5.41) is 0. The molecule has 24 valence electrons. The van der Waals surface area contributed by atoms with Crippen LogP contribution in [-0.4, -0.2) is 7.12 Å². The highest BCUT2D eigenvalue weighted by molar-refractivity contribution is 14.2. The van der Waals surface area contributed by atoms with Gasteiger partial charge in [0.25, 0.3) is 0 Å². The molecule has 1 atom stereocenters. The van der Waals surface area contributed by atoms with E-state index in [9.17, 15) is 0 Å². The molecule has 0 aliphatic heterocycles. The van der Waals surface area contributed by atoms with E-state index in [1.807, 2.05) is 7.12 Å². The van der Waals surface area contributed by atoms with E-state index in [1.54, 1.807) is 0 Å². The molecular formula is H2BIS2. The average Bonchev–Trinajstić information content (AvgIpc) is 0.811. The van der Waals surface area contributed by atoms with Gasteiger partial charge in [-0.2, -0.15) is 0 Å². The Kier molecular flexibility index (Phi) is 3.48. The van der Waals surface area contributed by atoms with Gasteiger partial charge in [0.1, 0.15) is 0 Å². The topological polar surface area (TPSA) is 0 Å². The van der Waals surface area contributed by atoms with Crippen molar-refractivity contribution in [3.8, 4) is 0 Å². The molecule has 0 rings (SSSR count). The summed E-state index contributed by atoms with van der Waals surface area (Å²) in [7, 11) is 2.00. The molecule has 0 nitrogen and oxygen atoms in total. The van der Waals surface area contributed by atoms with Gasteiger partial charge in [-0.05, 0) is 21.2 Å². The first-order valence-corrected chi connectivity index (χ1v) is 5.83. The summed E-state index contributed by atoms with van der Waals surface area (Å²) < 4.78 is 0. The Bertz CT molecular complexity index is 29.0. The van der Waals surface area contributed by atoms with E-state index in [1.165, 1.54) is 0 Å². The Morgan fingerprint density at radius 3 is 2.00 bits per heavy atom. The largest absolute Gasteiger partial charge is 0.194 e. The Morgan fingerprint density at radius 1 is 2.00 bits per heavy atom.